The Bertz CT molecular complexity index is 609. The molecule has 0 aliphatic carbocycles. The molecule has 0 aliphatic rings. The van der Waals surface area contributed by atoms with Crippen LogP contribution >= 0.6 is 0 Å². The van der Waals surface area contributed by atoms with Crippen molar-refractivity contribution in [3.63, 3.8) is 0 Å². The lowest BCUT2D eigenvalue weighted by atomic mass is 10.2. The highest BCUT2D eigenvalue weighted by Crippen LogP contribution is 2.15. The Labute approximate surface area is 110 Å². The summed E-state index contributed by atoms with van der Waals surface area (Å²) in [4.78, 5) is 15.7. The Morgan fingerprint density at radius 3 is 2.89 bits per heavy atom. The highest BCUT2D eigenvalue weighted by Gasteiger charge is 2.02. The van der Waals surface area contributed by atoms with Gasteiger partial charge >= 0.3 is 0 Å². The minimum absolute atomic E-state index is 0.265. The standard InChI is InChI=1S/C15H13FN2O/c1-11-9-13(16)5-6-14(11)18-15(19)7-4-12-3-2-8-17-10-12/h2-10H,1H3,(H,18,19)/b7-4+. The van der Waals surface area contributed by atoms with Crippen molar-refractivity contribution in [3.05, 3.63) is 65.7 Å². The zero-order valence-electron chi connectivity index (χ0n) is 10.4. The van der Waals surface area contributed by atoms with Crippen molar-refractivity contribution in [2.45, 2.75) is 6.92 Å². The van der Waals surface area contributed by atoms with E-state index in [4.69, 9.17) is 0 Å². The third kappa shape index (κ3) is 3.74. The average molecular weight is 256 g/mol. The maximum atomic E-state index is 12.9. The van der Waals surface area contributed by atoms with E-state index in [-0.39, 0.29) is 11.7 Å². The first kappa shape index (κ1) is 13.0. The molecule has 3 nitrogen and oxygen atoms in total. The Morgan fingerprint density at radius 2 is 2.21 bits per heavy atom. The van der Waals surface area contributed by atoms with E-state index in [1.165, 1.54) is 18.2 Å². The number of aryl methyl sites for hydroxylation is 1. The number of amides is 1. The molecule has 2 aromatic rings. The predicted octanol–water partition coefficient (Wildman–Crippen LogP) is 3.18. The fourth-order valence-electron chi connectivity index (χ4n) is 1.59. The number of carbonyl (C=O) groups is 1. The Hall–Kier alpha value is -2.49. The van der Waals surface area contributed by atoms with Gasteiger partial charge in [0.1, 0.15) is 5.82 Å². The zero-order chi connectivity index (χ0) is 13.7. The molecule has 0 atom stereocenters. The maximum Gasteiger partial charge on any atom is 0.248 e. The van der Waals surface area contributed by atoms with Crippen molar-refractivity contribution in [2.24, 2.45) is 0 Å². The van der Waals surface area contributed by atoms with Gasteiger partial charge < -0.3 is 5.32 Å². The van der Waals surface area contributed by atoms with E-state index in [0.29, 0.717) is 11.3 Å². The van der Waals surface area contributed by atoms with Gasteiger partial charge in [-0.1, -0.05) is 6.07 Å². The van der Waals surface area contributed by atoms with Crippen LogP contribution in [0.2, 0.25) is 0 Å². The van der Waals surface area contributed by atoms with Crippen LogP contribution in [0.5, 0.6) is 0 Å². The van der Waals surface area contributed by atoms with E-state index >= 15 is 0 Å². The monoisotopic (exact) mass is 256 g/mol. The van der Waals surface area contributed by atoms with Crippen LogP contribution in [0.25, 0.3) is 6.08 Å². The summed E-state index contributed by atoms with van der Waals surface area (Å²) in [5, 5.41) is 2.69. The van der Waals surface area contributed by atoms with Crippen molar-refractivity contribution >= 4 is 17.7 Å². The molecule has 1 heterocycles. The normalized spacial score (nSPS) is 10.6. The minimum atomic E-state index is -0.318. The van der Waals surface area contributed by atoms with Crippen molar-refractivity contribution in [1.29, 1.82) is 0 Å². The van der Waals surface area contributed by atoms with Gasteiger partial charge in [0, 0.05) is 24.2 Å². The second kappa shape index (κ2) is 5.91. The third-order valence-electron chi connectivity index (χ3n) is 2.56. The topological polar surface area (TPSA) is 42.0 Å². The van der Waals surface area contributed by atoms with Gasteiger partial charge in [-0.3, -0.25) is 9.78 Å². The van der Waals surface area contributed by atoms with E-state index < -0.39 is 0 Å². The van der Waals surface area contributed by atoms with E-state index in [9.17, 15) is 9.18 Å². The van der Waals surface area contributed by atoms with Gasteiger partial charge in [0.05, 0.1) is 0 Å². The van der Waals surface area contributed by atoms with Crippen LogP contribution in [0, 0.1) is 12.7 Å². The van der Waals surface area contributed by atoms with Crippen LogP contribution in [0.3, 0.4) is 0 Å². The molecular weight excluding hydrogens is 243 g/mol. The summed E-state index contributed by atoms with van der Waals surface area (Å²) in [5.41, 5.74) is 2.12. The van der Waals surface area contributed by atoms with Crippen molar-refractivity contribution in [3.8, 4) is 0 Å². The smallest absolute Gasteiger partial charge is 0.248 e. The second-order valence-corrected chi connectivity index (χ2v) is 4.07. The van der Waals surface area contributed by atoms with Crippen molar-refractivity contribution in [1.82, 2.24) is 4.98 Å². The van der Waals surface area contributed by atoms with Gasteiger partial charge in [0.15, 0.2) is 0 Å². The van der Waals surface area contributed by atoms with Crippen LogP contribution < -0.4 is 5.32 Å². The molecule has 1 N–H and O–H groups in total. The number of pyridine rings is 1. The molecule has 0 saturated heterocycles. The van der Waals surface area contributed by atoms with Crippen LogP contribution in [0.4, 0.5) is 10.1 Å². The number of rotatable bonds is 3. The second-order valence-electron chi connectivity index (χ2n) is 4.07. The fraction of sp³-hybridized carbons (Fsp3) is 0.0667. The molecule has 4 heteroatoms. The molecule has 0 unspecified atom stereocenters. The molecule has 19 heavy (non-hydrogen) atoms. The average Bonchev–Trinajstić information content (AvgIpc) is 2.41. The quantitative estimate of drug-likeness (QED) is 0.857. The molecule has 1 aromatic carbocycles. The third-order valence-corrected chi connectivity index (χ3v) is 2.56. The van der Waals surface area contributed by atoms with Gasteiger partial charge in [0.2, 0.25) is 5.91 Å². The van der Waals surface area contributed by atoms with Crippen LogP contribution in [0.15, 0.2) is 48.8 Å². The number of hydrogen-bond acceptors (Lipinski definition) is 2. The number of halogens is 1. The number of aromatic nitrogens is 1. The first-order valence-corrected chi connectivity index (χ1v) is 5.80. The van der Waals surface area contributed by atoms with E-state index in [2.05, 4.69) is 10.3 Å². The molecule has 1 amide bonds. The van der Waals surface area contributed by atoms with E-state index in [0.717, 1.165) is 5.56 Å². The number of anilines is 1. The van der Waals surface area contributed by atoms with Gasteiger partial charge in [0.25, 0.3) is 0 Å². The largest absolute Gasteiger partial charge is 0.322 e. The summed E-state index contributed by atoms with van der Waals surface area (Å²) < 4.78 is 12.9. The summed E-state index contributed by atoms with van der Waals surface area (Å²) in [7, 11) is 0. The first-order valence-electron chi connectivity index (χ1n) is 5.80. The number of hydrogen-bond donors (Lipinski definition) is 1. The van der Waals surface area contributed by atoms with Crippen molar-refractivity contribution in [2.75, 3.05) is 5.32 Å². The molecular formula is C15H13FN2O. The molecule has 2 rings (SSSR count). The lowest BCUT2D eigenvalue weighted by Gasteiger charge is -2.05. The number of nitrogens with one attached hydrogen (secondary N) is 1. The Morgan fingerprint density at radius 1 is 1.37 bits per heavy atom. The lowest BCUT2D eigenvalue weighted by Crippen LogP contribution is -2.09. The zero-order valence-corrected chi connectivity index (χ0v) is 10.4. The summed E-state index contributed by atoms with van der Waals surface area (Å²) in [6, 6.07) is 7.87. The predicted molar refractivity (Wildman–Crippen MR) is 73.0 cm³/mol. The van der Waals surface area contributed by atoms with Gasteiger partial charge in [-0.15, -0.1) is 0 Å². The molecule has 0 fully saturated rings. The summed E-state index contributed by atoms with van der Waals surface area (Å²) in [6.45, 7) is 1.74. The molecule has 0 saturated carbocycles. The Balaban J connectivity index is 2.04. The van der Waals surface area contributed by atoms with E-state index in [1.807, 2.05) is 6.07 Å². The minimum Gasteiger partial charge on any atom is -0.322 e. The molecule has 96 valence electrons. The Kier molecular flexibility index (Phi) is 4.03. The molecule has 1 aromatic heterocycles. The molecule has 0 radical (unpaired) electrons. The maximum absolute atomic E-state index is 12.9. The van der Waals surface area contributed by atoms with E-state index in [1.54, 1.807) is 37.5 Å². The first-order chi connectivity index (χ1) is 9.15. The summed E-state index contributed by atoms with van der Waals surface area (Å²) in [5.74, 6) is -0.583. The lowest BCUT2D eigenvalue weighted by molar-refractivity contribution is -0.111. The number of benzene rings is 1. The molecule has 0 spiro atoms. The van der Waals surface area contributed by atoms with Crippen LogP contribution in [-0.2, 0) is 4.79 Å². The van der Waals surface area contributed by atoms with Gasteiger partial charge in [-0.05, 0) is 48.4 Å². The number of nitrogens with zero attached hydrogens (tertiary/aromatic N) is 1. The summed E-state index contributed by atoms with van der Waals surface area (Å²) >= 11 is 0. The van der Waals surface area contributed by atoms with Crippen molar-refractivity contribution < 1.29 is 9.18 Å². The van der Waals surface area contributed by atoms with Gasteiger partial charge in [-0.2, -0.15) is 0 Å². The van der Waals surface area contributed by atoms with Crippen LogP contribution in [-0.4, -0.2) is 10.9 Å². The van der Waals surface area contributed by atoms with Crippen LogP contribution in [0.1, 0.15) is 11.1 Å². The van der Waals surface area contributed by atoms with Gasteiger partial charge in [-0.25, -0.2) is 4.39 Å². The highest BCUT2D eigenvalue weighted by molar-refractivity contribution is 6.02. The SMILES string of the molecule is Cc1cc(F)ccc1NC(=O)/C=C/c1cccnc1. The molecule has 0 aliphatic heterocycles. The molecule has 0 bridgehead atoms. The highest BCUT2D eigenvalue weighted by atomic mass is 19.1. The number of carbonyl (C=O) groups excluding carboxylic acids is 1. The summed E-state index contributed by atoms with van der Waals surface area (Å²) in [6.07, 6.45) is 6.41. The fourth-order valence-corrected chi connectivity index (χ4v) is 1.59.